The smallest absolute Gasteiger partial charge is 0.252 e. The number of aromatic nitrogens is 3. The van der Waals surface area contributed by atoms with Gasteiger partial charge in [-0.1, -0.05) is 44.2 Å². The first-order valence-corrected chi connectivity index (χ1v) is 12.9. The first-order chi connectivity index (χ1) is 17.7. The number of hydrogen-bond donors (Lipinski definition) is 0. The second-order valence-corrected chi connectivity index (χ2v) is 9.75. The monoisotopic (exact) mass is 501 g/mol. The molecule has 3 heterocycles. The lowest BCUT2D eigenvalue weighted by Gasteiger charge is -2.46. The molecule has 1 saturated heterocycles. The molecule has 8 nitrogen and oxygen atoms in total. The summed E-state index contributed by atoms with van der Waals surface area (Å²) in [6, 6.07) is 14.6. The Bertz CT molecular complexity index is 1290. The highest BCUT2D eigenvalue weighted by Crippen LogP contribution is 2.35. The lowest BCUT2D eigenvalue weighted by Crippen LogP contribution is -2.69. The summed E-state index contributed by atoms with van der Waals surface area (Å²) >= 11 is 0. The highest BCUT2D eigenvalue weighted by atomic mass is 16.2. The number of likely N-dealkylation sites (N-methyl/N-ethyl adjacent to an activating group) is 1. The third-order valence-electron chi connectivity index (χ3n) is 7.27. The first-order valence-electron chi connectivity index (χ1n) is 12.9. The van der Waals surface area contributed by atoms with Crippen LogP contribution in [0.4, 0.5) is 5.82 Å². The lowest BCUT2D eigenvalue weighted by atomic mass is 9.80. The molecule has 37 heavy (non-hydrogen) atoms. The van der Waals surface area contributed by atoms with E-state index in [2.05, 4.69) is 10.1 Å². The summed E-state index contributed by atoms with van der Waals surface area (Å²) in [5, 5.41) is 4.16. The number of nitrogens with zero attached hydrogens (tertiary/aromatic N) is 5. The molecule has 1 aromatic carbocycles. The van der Waals surface area contributed by atoms with Crippen LogP contribution < -0.4 is 4.90 Å². The van der Waals surface area contributed by atoms with Crippen LogP contribution in [0.15, 0.2) is 54.7 Å². The third kappa shape index (κ3) is 5.33. The molecule has 1 aliphatic rings. The number of anilines is 1. The molecule has 0 saturated carbocycles. The maximum absolute atomic E-state index is 13.8. The quantitative estimate of drug-likeness (QED) is 0.416. The van der Waals surface area contributed by atoms with E-state index in [1.54, 1.807) is 31.0 Å². The number of aryl methyl sites for hydroxylation is 3. The highest BCUT2D eigenvalue weighted by Gasteiger charge is 2.55. The van der Waals surface area contributed by atoms with Gasteiger partial charge in [-0.3, -0.25) is 33.8 Å². The largest absolute Gasteiger partial charge is 0.298 e. The molecule has 4 rings (SSSR count). The minimum absolute atomic E-state index is 0.0268. The molecule has 0 unspecified atom stereocenters. The number of hydrogen-bond acceptors (Lipinski definition) is 5. The molecule has 1 fully saturated rings. The predicted octanol–water partition coefficient (Wildman–Crippen LogP) is 3.83. The van der Waals surface area contributed by atoms with Gasteiger partial charge in [0.15, 0.2) is 0 Å². The van der Waals surface area contributed by atoms with Crippen molar-refractivity contribution in [3.8, 4) is 0 Å². The van der Waals surface area contributed by atoms with Crippen LogP contribution in [-0.4, -0.2) is 50.5 Å². The first kappa shape index (κ1) is 26.3. The van der Waals surface area contributed by atoms with Gasteiger partial charge in [0.05, 0.1) is 12.1 Å². The van der Waals surface area contributed by atoms with Gasteiger partial charge in [0.25, 0.3) is 5.91 Å². The van der Waals surface area contributed by atoms with Crippen LogP contribution in [0.25, 0.3) is 0 Å². The number of carbonyl (C=O) groups excluding carboxylic acids is 3. The second kappa shape index (κ2) is 11.1. The summed E-state index contributed by atoms with van der Waals surface area (Å²) in [6.07, 6.45) is 3.70. The Labute approximate surface area is 218 Å². The summed E-state index contributed by atoms with van der Waals surface area (Å²) in [5.41, 5.74) is 3.82. The van der Waals surface area contributed by atoms with E-state index in [0.717, 1.165) is 35.4 Å². The molecule has 0 N–H and O–H groups in total. The topological polar surface area (TPSA) is 88.4 Å². The van der Waals surface area contributed by atoms with E-state index >= 15 is 0 Å². The molecule has 0 bridgehead atoms. The fraction of sp³-hybridized carbons (Fsp3) is 0.414. The maximum Gasteiger partial charge on any atom is 0.252 e. The minimum Gasteiger partial charge on any atom is -0.298 e. The molecule has 2 aromatic heterocycles. The Balaban J connectivity index is 1.62. The molecule has 8 heteroatoms. The van der Waals surface area contributed by atoms with Crippen molar-refractivity contribution < 1.29 is 14.4 Å². The van der Waals surface area contributed by atoms with Crippen molar-refractivity contribution >= 4 is 23.5 Å². The van der Waals surface area contributed by atoms with E-state index in [9.17, 15) is 14.4 Å². The van der Waals surface area contributed by atoms with E-state index < -0.39 is 12.0 Å². The van der Waals surface area contributed by atoms with Gasteiger partial charge in [-0.25, -0.2) is 0 Å². The van der Waals surface area contributed by atoms with Gasteiger partial charge in [-0.05, 0) is 55.4 Å². The number of pyridine rings is 1. The summed E-state index contributed by atoms with van der Waals surface area (Å²) in [7, 11) is 3.41. The second-order valence-electron chi connectivity index (χ2n) is 9.75. The average Bonchev–Trinajstić information content (AvgIpc) is 3.33. The number of imide groups is 1. The molecule has 194 valence electrons. The minimum atomic E-state index is -0.869. The Morgan fingerprint density at radius 1 is 1.11 bits per heavy atom. The van der Waals surface area contributed by atoms with Crippen molar-refractivity contribution in [2.75, 3.05) is 11.9 Å². The fourth-order valence-corrected chi connectivity index (χ4v) is 5.22. The molecular weight excluding hydrogens is 466 g/mol. The number of β-lactam (4-membered cyclic amide) rings is 1. The van der Waals surface area contributed by atoms with Crippen molar-refractivity contribution in [1.82, 2.24) is 19.7 Å². The third-order valence-corrected chi connectivity index (χ3v) is 7.27. The van der Waals surface area contributed by atoms with E-state index in [-0.39, 0.29) is 30.1 Å². The zero-order chi connectivity index (χ0) is 26.7. The van der Waals surface area contributed by atoms with E-state index in [0.29, 0.717) is 12.2 Å². The van der Waals surface area contributed by atoms with Crippen molar-refractivity contribution in [2.45, 2.75) is 58.4 Å². The summed E-state index contributed by atoms with van der Waals surface area (Å²) < 4.78 is 1.60. The van der Waals surface area contributed by atoms with Crippen molar-refractivity contribution in [1.29, 1.82) is 0 Å². The molecule has 3 amide bonds. The lowest BCUT2D eigenvalue weighted by molar-refractivity contribution is -0.170. The fourth-order valence-electron chi connectivity index (χ4n) is 5.22. The predicted molar refractivity (Wildman–Crippen MR) is 142 cm³/mol. The number of rotatable bonds is 9. The Kier molecular flexibility index (Phi) is 7.86. The van der Waals surface area contributed by atoms with Crippen LogP contribution in [0, 0.1) is 12.8 Å². The number of carbonyl (C=O) groups is 3. The van der Waals surface area contributed by atoms with Crippen LogP contribution in [0.1, 0.15) is 55.1 Å². The summed E-state index contributed by atoms with van der Waals surface area (Å²) in [4.78, 5) is 48.0. The van der Waals surface area contributed by atoms with Gasteiger partial charge in [-0.15, -0.1) is 0 Å². The van der Waals surface area contributed by atoms with Crippen LogP contribution in [0.3, 0.4) is 0 Å². The molecule has 3 atom stereocenters. The molecule has 0 spiro atoms. The number of benzene rings is 1. The van der Waals surface area contributed by atoms with Gasteiger partial charge in [0.2, 0.25) is 11.8 Å². The molecule has 3 aromatic rings. The molecular formula is C29H35N5O3. The van der Waals surface area contributed by atoms with Crippen LogP contribution in [-0.2, 0) is 34.3 Å². The molecule has 0 aliphatic carbocycles. The SMILES string of the molecule is CCc1cc(C[C@H]2C(=O)N(C(=O)C[C@H](CC)c3ccccc3)[C@@H]2C(=O)N(C)c2ccnn2C)cc(C)n1. The zero-order valence-electron chi connectivity index (χ0n) is 22.2. The van der Waals surface area contributed by atoms with Crippen LogP contribution in [0.2, 0.25) is 0 Å². The average molecular weight is 502 g/mol. The highest BCUT2D eigenvalue weighted by molar-refractivity contribution is 6.12. The van der Waals surface area contributed by atoms with E-state index in [1.807, 2.05) is 63.2 Å². The van der Waals surface area contributed by atoms with Crippen molar-refractivity contribution in [3.05, 3.63) is 77.2 Å². The standard InChI is InChI=1S/C29H35N5O3/c1-6-21(22-11-9-8-10-12-22)18-26(35)34-27(29(37)32(4)25-13-14-30-33(25)5)24(28(34)36)17-20-15-19(3)31-23(7-2)16-20/h8-16,21,24,27H,6-7,17-18H2,1-5H3/t21-,24+,27-/m0/s1. The summed E-state index contributed by atoms with van der Waals surface area (Å²) in [5.74, 6) is -0.947. The van der Waals surface area contributed by atoms with Crippen LogP contribution >= 0.6 is 0 Å². The Hall–Kier alpha value is -3.81. The van der Waals surface area contributed by atoms with Gasteiger partial charge in [0, 0.05) is 38.0 Å². The van der Waals surface area contributed by atoms with Gasteiger partial charge in [0.1, 0.15) is 11.9 Å². The van der Waals surface area contributed by atoms with Crippen LogP contribution in [0.5, 0.6) is 0 Å². The van der Waals surface area contributed by atoms with Gasteiger partial charge in [-0.2, -0.15) is 5.10 Å². The van der Waals surface area contributed by atoms with Crippen molar-refractivity contribution in [3.63, 3.8) is 0 Å². The number of likely N-dealkylation sites (tertiary alicyclic amines) is 1. The van der Waals surface area contributed by atoms with E-state index in [1.165, 1.54) is 9.80 Å². The maximum atomic E-state index is 13.8. The van der Waals surface area contributed by atoms with E-state index in [4.69, 9.17) is 0 Å². The van der Waals surface area contributed by atoms with Crippen molar-refractivity contribution in [2.24, 2.45) is 13.0 Å². The molecule has 1 aliphatic heterocycles. The van der Waals surface area contributed by atoms with Gasteiger partial charge < -0.3 is 0 Å². The summed E-state index contributed by atoms with van der Waals surface area (Å²) in [6.45, 7) is 5.99. The van der Waals surface area contributed by atoms with Gasteiger partial charge >= 0.3 is 0 Å². The Morgan fingerprint density at radius 2 is 1.84 bits per heavy atom. The zero-order valence-corrected chi connectivity index (χ0v) is 22.2. The molecule has 0 radical (unpaired) electrons. The normalized spacial score (nSPS) is 17.9. The number of amides is 3. The Morgan fingerprint density at radius 3 is 2.46 bits per heavy atom.